The lowest BCUT2D eigenvalue weighted by molar-refractivity contribution is -0.121. The Hall–Kier alpha value is -2.62. The predicted molar refractivity (Wildman–Crippen MR) is 124 cm³/mol. The van der Waals surface area contributed by atoms with Crippen molar-refractivity contribution < 1.29 is 28.5 Å². The Balaban J connectivity index is 1.86. The summed E-state index contributed by atoms with van der Waals surface area (Å²) < 4.78 is 21.7. The maximum absolute atomic E-state index is 12.8. The molecule has 2 unspecified atom stereocenters. The van der Waals surface area contributed by atoms with E-state index in [-0.39, 0.29) is 31.3 Å². The highest BCUT2D eigenvalue weighted by atomic mass is 32.1. The summed E-state index contributed by atoms with van der Waals surface area (Å²) in [6.45, 7) is 7.57. The van der Waals surface area contributed by atoms with Crippen LogP contribution in [0.5, 0.6) is 11.5 Å². The van der Waals surface area contributed by atoms with Gasteiger partial charge in [-0.3, -0.25) is 9.69 Å². The fraction of sp³-hybridized carbons (Fsp3) is 0.478. The zero-order chi connectivity index (χ0) is 23.3. The van der Waals surface area contributed by atoms with Gasteiger partial charge in [0, 0.05) is 24.0 Å². The van der Waals surface area contributed by atoms with Crippen LogP contribution in [0, 0.1) is 0 Å². The molecule has 8 nitrogen and oxygen atoms in total. The standard InChI is InChI=1S/C23H30N2O6S/c1-6-30-23(27)21-17(16-7-8-18(28-4)19(9-16)29-5)13-32-22(21)24-20(26)12-25-10-14(2)31-15(3)11-25/h7-9,13-15H,6,10-12H2,1-5H3,(H,24,26). The molecule has 2 atom stereocenters. The molecule has 3 rings (SSSR count). The van der Waals surface area contributed by atoms with Crippen molar-refractivity contribution in [2.45, 2.75) is 33.0 Å². The molecule has 1 aromatic heterocycles. The Labute approximate surface area is 192 Å². The zero-order valence-electron chi connectivity index (χ0n) is 19.1. The molecule has 32 heavy (non-hydrogen) atoms. The molecular formula is C23H30N2O6S. The summed E-state index contributed by atoms with van der Waals surface area (Å²) in [6.07, 6.45) is 0.139. The first-order chi connectivity index (χ1) is 15.4. The van der Waals surface area contributed by atoms with Crippen LogP contribution in [0.25, 0.3) is 11.1 Å². The normalized spacial score (nSPS) is 18.8. The Morgan fingerprint density at radius 3 is 2.47 bits per heavy atom. The summed E-state index contributed by atoms with van der Waals surface area (Å²) >= 11 is 1.29. The number of hydrogen-bond acceptors (Lipinski definition) is 8. The van der Waals surface area contributed by atoms with Crippen LogP contribution in [0.15, 0.2) is 23.6 Å². The largest absolute Gasteiger partial charge is 0.493 e. The lowest BCUT2D eigenvalue weighted by Crippen LogP contribution is -2.48. The molecule has 2 aromatic rings. The molecular weight excluding hydrogens is 432 g/mol. The van der Waals surface area contributed by atoms with Crippen LogP contribution in [-0.2, 0) is 14.3 Å². The number of benzene rings is 1. The van der Waals surface area contributed by atoms with E-state index in [4.69, 9.17) is 18.9 Å². The summed E-state index contributed by atoms with van der Waals surface area (Å²) in [5, 5.41) is 5.21. The van der Waals surface area contributed by atoms with Crippen LogP contribution >= 0.6 is 11.3 Å². The van der Waals surface area contributed by atoms with Crippen molar-refractivity contribution >= 4 is 28.2 Å². The second kappa shape index (κ2) is 10.8. The number of nitrogens with one attached hydrogen (secondary N) is 1. The number of anilines is 1. The molecule has 0 aliphatic carbocycles. The van der Waals surface area contributed by atoms with E-state index in [1.807, 2.05) is 25.3 Å². The molecule has 2 heterocycles. The number of thiophene rings is 1. The average Bonchev–Trinajstić information content (AvgIpc) is 3.15. The van der Waals surface area contributed by atoms with Gasteiger partial charge in [-0.15, -0.1) is 11.3 Å². The van der Waals surface area contributed by atoms with Gasteiger partial charge in [0.05, 0.1) is 39.6 Å². The van der Waals surface area contributed by atoms with Crippen LogP contribution in [0.4, 0.5) is 5.00 Å². The van der Waals surface area contributed by atoms with Crippen LogP contribution in [0.2, 0.25) is 0 Å². The van der Waals surface area contributed by atoms with Gasteiger partial charge >= 0.3 is 5.97 Å². The molecule has 0 saturated carbocycles. The van der Waals surface area contributed by atoms with Crippen LogP contribution in [-0.4, -0.2) is 69.4 Å². The van der Waals surface area contributed by atoms with Gasteiger partial charge in [0.2, 0.25) is 5.91 Å². The van der Waals surface area contributed by atoms with E-state index in [0.29, 0.717) is 40.7 Å². The fourth-order valence-electron chi connectivity index (χ4n) is 3.85. The van der Waals surface area contributed by atoms with Gasteiger partial charge in [-0.25, -0.2) is 4.79 Å². The second-order valence-electron chi connectivity index (χ2n) is 7.64. The SMILES string of the molecule is CCOC(=O)c1c(-c2ccc(OC)c(OC)c2)csc1NC(=O)CN1CC(C)OC(C)C1. The first kappa shape index (κ1) is 24.0. The van der Waals surface area contributed by atoms with Gasteiger partial charge in [-0.05, 0) is 38.5 Å². The first-order valence-electron chi connectivity index (χ1n) is 10.5. The maximum atomic E-state index is 12.8. The van der Waals surface area contributed by atoms with Crippen molar-refractivity contribution in [3.63, 3.8) is 0 Å². The molecule has 1 aliphatic heterocycles. The number of ether oxygens (including phenoxy) is 4. The minimum absolute atomic E-state index is 0.0695. The number of methoxy groups -OCH3 is 2. The lowest BCUT2D eigenvalue weighted by atomic mass is 10.0. The van der Waals surface area contributed by atoms with E-state index < -0.39 is 5.97 Å². The van der Waals surface area contributed by atoms with Gasteiger partial charge in [-0.2, -0.15) is 0 Å². The lowest BCUT2D eigenvalue weighted by Gasteiger charge is -2.34. The minimum Gasteiger partial charge on any atom is -0.493 e. The number of esters is 1. The third kappa shape index (κ3) is 5.59. The summed E-state index contributed by atoms with van der Waals surface area (Å²) in [5.74, 6) is 0.471. The van der Waals surface area contributed by atoms with Gasteiger partial charge in [-0.1, -0.05) is 6.07 Å². The number of morpholine rings is 1. The number of rotatable bonds is 8. The highest BCUT2D eigenvalue weighted by molar-refractivity contribution is 7.15. The van der Waals surface area contributed by atoms with Gasteiger partial charge in [0.15, 0.2) is 11.5 Å². The zero-order valence-corrected chi connectivity index (χ0v) is 19.9. The van der Waals surface area contributed by atoms with E-state index in [9.17, 15) is 9.59 Å². The Kier molecular flexibility index (Phi) is 8.11. The molecule has 1 N–H and O–H groups in total. The number of hydrogen-bond donors (Lipinski definition) is 1. The summed E-state index contributed by atoms with van der Waals surface area (Å²) in [7, 11) is 3.12. The smallest absolute Gasteiger partial charge is 0.341 e. The van der Waals surface area contributed by atoms with E-state index in [0.717, 1.165) is 5.56 Å². The summed E-state index contributed by atoms with van der Waals surface area (Å²) in [4.78, 5) is 27.6. The minimum atomic E-state index is -0.484. The van der Waals surface area contributed by atoms with Gasteiger partial charge in [0.1, 0.15) is 10.6 Å². The molecule has 1 aliphatic rings. The summed E-state index contributed by atoms with van der Waals surface area (Å²) in [5.41, 5.74) is 1.76. The van der Waals surface area contributed by atoms with Crippen molar-refractivity contribution in [2.24, 2.45) is 0 Å². The Morgan fingerprint density at radius 1 is 1.16 bits per heavy atom. The topological polar surface area (TPSA) is 86.3 Å². The third-order valence-corrected chi connectivity index (χ3v) is 5.98. The van der Waals surface area contributed by atoms with Crippen molar-refractivity contribution in [2.75, 3.05) is 45.8 Å². The molecule has 1 aromatic carbocycles. The molecule has 1 amide bonds. The maximum Gasteiger partial charge on any atom is 0.341 e. The van der Waals surface area contributed by atoms with E-state index >= 15 is 0 Å². The molecule has 9 heteroatoms. The Morgan fingerprint density at radius 2 is 1.84 bits per heavy atom. The number of nitrogens with zero attached hydrogens (tertiary/aromatic N) is 1. The highest BCUT2D eigenvalue weighted by Gasteiger charge is 2.26. The third-order valence-electron chi connectivity index (χ3n) is 5.08. The fourth-order valence-corrected chi connectivity index (χ4v) is 4.83. The van der Waals surface area contributed by atoms with Crippen LogP contribution in [0.3, 0.4) is 0 Å². The van der Waals surface area contributed by atoms with Crippen molar-refractivity contribution in [1.29, 1.82) is 0 Å². The monoisotopic (exact) mass is 462 g/mol. The molecule has 0 radical (unpaired) electrons. The number of carbonyl (C=O) groups excluding carboxylic acids is 2. The average molecular weight is 463 g/mol. The number of amides is 1. The van der Waals surface area contributed by atoms with Crippen LogP contribution in [0.1, 0.15) is 31.1 Å². The van der Waals surface area contributed by atoms with Crippen molar-refractivity contribution in [1.82, 2.24) is 4.90 Å². The van der Waals surface area contributed by atoms with E-state index in [1.54, 1.807) is 33.3 Å². The highest BCUT2D eigenvalue weighted by Crippen LogP contribution is 2.39. The van der Waals surface area contributed by atoms with Crippen molar-refractivity contribution in [3.8, 4) is 22.6 Å². The number of carbonyl (C=O) groups is 2. The quantitative estimate of drug-likeness (QED) is 0.599. The van der Waals surface area contributed by atoms with E-state index in [2.05, 4.69) is 10.2 Å². The summed E-state index contributed by atoms with van der Waals surface area (Å²) in [6, 6.07) is 5.42. The van der Waals surface area contributed by atoms with Crippen LogP contribution < -0.4 is 14.8 Å². The second-order valence-corrected chi connectivity index (χ2v) is 8.52. The molecule has 1 saturated heterocycles. The Bertz CT molecular complexity index is 950. The van der Waals surface area contributed by atoms with Gasteiger partial charge in [0.25, 0.3) is 0 Å². The predicted octanol–water partition coefficient (Wildman–Crippen LogP) is 3.66. The van der Waals surface area contributed by atoms with E-state index in [1.165, 1.54) is 11.3 Å². The molecule has 1 fully saturated rings. The molecule has 0 bridgehead atoms. The first-order valence-corrected chi connectivity index (χ1v) is 11.4. The molecule has 0 spiro atoms. The van der Waals surface area contributed by atoms with Crippen molar-refractivity contribution in [3.05, 3.63) is 29.1 Å². The molecule has 174 valence electrons. The van der Waals surface area contributed by atoms with Gasteiger partial charge < -0.3 is 24.3 Å².